The molecule has 0 aromatic rings. The zero-order chi connectivity index (χ0) is 10.9. The van der Waals surface area contributed by atoms with Crippen molar-refractivity contribution in [3.63, 3.8) is 0 Å². The number of ether oxygens (including phenoxy) is 1. The van der Waals surface area contributed by atoms with Gasteiger partial charge in [-0.3, -0.25) is 0 Å². The molecular weight excluding hydrogens is 182 g/mol. The number of amidine groups is 1. The molecule has 5 heteroatoms. The molecule has 1 heterocycles. The average Bonchev–Trinajstić information content (AvgIpc) is 2.39. The van der Waals surface area contributed by atoms with Gasteiger partial charge in [0.15, 0.2) is 0 Å². The standard InChI is InChI=1S/C9H17N3O2/c1-5(2)12-7(6(3)14-4)8(10)11-9(12)13/h5-7H,1-4H3,(H2,10,11,13). The van der Waals surface area contributed by atoms with Crippen LogP contribution in [0.3, 0.4) is 0 Å². The molecule has 14 heavy (non-hydrogen) atoms. The van der Waals surface area contributed by atoms with E-state index in [0.29, 0.717) is 5.84 Å². The highest BCUT2D eigenvalue weighted by molar-refractivity contribution is 6.03. The van der Waals surface area contributed by atoms with Gasteiger partial charge in [0.1, 0.15) is 11.9 Å². The van der Waals surface area contributed by atoms with Gasteiger partial charge >= 0.3 is 6.03 Å². The Hall–Kier alpha value is -1.10. The number of nitrogens with two attached hydrogens (primary N) is 1. The number of nitrogens with zero attached hydrogens (tertiary/aromatic N) is 2. The summed E-state index contributed by atoms with van der Waals surface area (Å²) in [4.78, 5) is 16.8. The Balaban J connectivity index is 2.90. The van der Waals surface area contributed by atoms with E-state index >= 15 is 0 Å². The van der Waals surface area contributed by atoms with Crippen LogP contribution in [-0.2, 0) is 4.74 Å². The Bertz CT molecular complexity index is 263. The molecule has 1 rings (SSSR count). The van der Waals surface area contributed by atoms with Crippen molar-refractivity contribution in [2.24, 2.45) is 10.7 Å². The van der Waals surface area contributed by atoms with Gasteiger partial charge < -0.3 is 15.4 Å². The third kappa shape index (κ3) is 1.72. The molecule has 5 nitrogen and oxygen atoms in total. The summed E-state index contributed by atoms with van der Waals surface area (Å²) in [7, 11) is 1.60. The minimum absolute atomic E-state index is 0.0786. The normalized spacial score (nSPS) is 24.4. The van der Waals surface area contributed by atoms with Crippen LogP contribution < -0.4 is 5.73 Å². The molecule has 1 aliphatic rings. The van der Waals surface area contributed by atoms with Gasteiger partial charge in [0.2, 0.25) is 0 Å². The Morgan fingerprint density at radius 1 is 1.50 bits per heavy atom. The fourth-order valence-corrected chi connectivity index (χ4v) is 1.63. The van der Waals surface area contributed by atoms with Crippen molar-refractivity contribution in [2.75, 3.05) is 7.11 Å². The Morgan fingerprint density at radius 2 is 2.07 bits per heavy atom. The van der Waals surface area contributed by atoms with Crippen LogP contribution in [0.2, 0.25) is 0 Å². The summed E-state index contributed by atoms with van der Waals surface area (Å²) in [6.07, 6.45) is -0.132. The molecule has 0 bridgehead atoms. The molecule has 1 aliphatic heterocycles. The first-order chi connectivity index (χ1) is 6.49. The van der Waals surface area contributed by atoms with E-state index in [1.165, 1.54) is 0 Å². The molecule has 0 aromatic carbocycles. The lowest BCUT2D eigenvalue weighted by molar-refractivity contribution is 0.0622. The highest BCUT2D eigenvalue weighted by Crippen LogP contribution is 2.18. The van der Waals surface area contributed by atoms with Crippen LogP contribution in [0.4, 0.5) is 4.79 Å². The van der Waals surface area contributed by atoms with E-state index in [1.54, 1.807) is 12.0 Å². The zero-order valence-corrected chi connectivity index (χ0v) is 9.02. The molecule has 2 N–H and O–H groups in total. The first-order valence-corrected chi connectivity index (χ1v) is 4.68. The van der Waals surface area contributed by atoms with E-state index in [9.17, 15) is 4.79 Å². The summed E-state index contributed by atoms with van der Waals surface area (Å²) in [6, 6.07) is -0.422. The largest absolute Gasteiger partial charge is 0.385 e. The fraction of sp³-hybridized carbons (Fsp3) is 0.778. The highest BCUT2D eigenvalue weighted by atomic mass is 16.5. The first-order valence-electron chi connectivity index (χ1n) is 4.68. The Morgan fingerprint density at radius 3 is 2.50 bits per heavy atom. The quantitative estimate of drug-likeness (QED) is 0.723. The summed E-state index contributed by atoms with van der Waals surface area (Å²) in [5.74, 6) is 0.345. The lowest BCUT2D eigenvalue weighted by Gasteiger charge is -2.31. The van der Waals surface area contributed by atoms with Gasteiger partial charge in [0.05, 0.1) is 6.10 Å². The summed E-state index contributed by atoms with van der Waals surface area (Å²) in [5, 5.41) is 0. The van der Waals surface area contributed by atoms with Crippen LogP contribution in [0.1, 0.15) is 20.8 Å². The van der Waals surface area contributed by atoms with E-state index in [4.69, 9.17) is 10.5 Å². The molecular formula is C9H17N3O2. The molecule has 0 aromatic heterocycles. The second kappa shape index (κ2) is 3.96. The zero-order valence-electron chi connectivity index (χ0n) is 9.02. The summed E-state index contributed by atoms with van der Waals surface area (Å²) >= 11 is 0. The molecule has 0 saturated heterocycles. The minimum atomic E-state index is -0.272. The first kappa shape index (κ1) is 11.0. The van der Waals surface area contributed by atoms with Crippen LogP contribution >= 0.6 is 0 Å². The van der Waals surface area contributed by atoms with E-state index in [2.05, 4.69) is 4.99 Å². The predicted octanol–water partition coefficient (Wildman–Crippen LogP) is 0.591. The minimum Gasteiger partial charge on any atom is -0.385 e. The number of hydrogen-bond acceptors (Lipinski definition) is 3. The lowest BCUT2D eigenvalue weighted by Crippen LogP contribution is -2.50. The number of rotatable bonds is 3. The van der Waals surface area contributed by atoms with Gasteiger partial charge in [0.25, 0.3) is 0 Å². The SMILES string of the molecule is COC(C)C1C(N)=NC(=O)N1C(C)C. The Labute approximate surface area is 83.9 Å². The smallest absolute Gasteiger partial charge is 0.346 e. The third-order valence-electron chi connectivity index (χ3n) is 2.42. The molecule has 0 aliphatic carbocycles. The van der Waals surface area contributed by atoms with Crippen molar-refractivity contribution in [3.8, 4) is 0 Å². The van der Waals surface area contributed by atoms with Crippen molar-refractivity contribution < 1.29 is 9.53 Å². The van der Waals surface area contributed by atoms with E-state index in [1.807, 2.05) is 20.8 Å². The number of urea groups is 1. The third-order valence-corrected chi connectivity index (χ3v) is 2.42. The highest BCUT2D eigenvalue weighted by Gasteiger charge is 2.38. The molecule has 0 radical (unpaired) electrons. The van der Waals surface area contributed by atoms with Crippen molar-refractivity contribution >= 4 is 11.9 Å². The van der Waals surface area contributed by atoms with Gasteiger partial charge in [-0.25, -0.2) is 4.79 Å². The maximum absolute atomic E-state index is 11.5. The number of aliphatic imine (C=N–C) groups is 1. The van der Waals surface area contributed by atoms with Crippen molar-refractivity contribution in [2.45, 2.75) is 39.0 Å². The van der Waals surface area contributed by atoms with Crippen molar-refractivity contribution in [1.29, 1.82) is 0 Å². The van der Waals surface area contributed by atoms with Crippen molar-refractivity contribution in [3.05, 3.63) is 0 Å². The number of methoxy groups -OCH3 is 1. The topological polar surface area (TPSA) is 67.9 Å². The second-order valence-corrected chi connectivity index (χ2v) is 3.71. The maximum Gasteiger partial charge on any atom is 0.346 e. The van der Waals surface area contributed by atoms with E-state index in [0.717, 1.165) is 0 Å². The number of amides is 2. The van der Waals surface area contributed by atoms with Gasteiger partial charge in [-0.15, -0.1) is 0 Å². The van der Waals surface area contributed by atoms with Gasteiger partial charge in [-0.2, -0.15) is 4.99 Å². The van der Waals surface area contributed by atoms with Crippen LogP contribution in [0.25, 0.3) is 0 Å². The molecule has 0 spiro atoms. The molecule has 2 unspecified atom stereocenters. The molecule has 2 atom stereocenters. The van der Waals surface area contributed by atoms with Crippen LogP contribution in [0, 0.1) is 0 Å². The van der Waals surface area contributed by atoms with Crippen molar-refractivity contribution in [1.82, 2.24) is 4.90 Å². The Kier molecular flexibility index (Phi) is 3.10. The monoisotopic (exact) mass is 199 g/mol. The summed E-state index contributed by atoms with van der Waals surface area (Å²) < 4.78 is 5.18. The van der Waals surface area contributed by atoms with Crippen LogP contribution in [0.5, 0.6) is 0 Å². The van der Waals surface area contributed by atoms with Crippen LogP contribution in [0.15, 0.2) is 4.99 Å². The number of carbonyl (C=O) groups is 1. The average molecular weight is 199 g/mol. The maximum atomic E-state index is 11.5. The molecule has 80 valence electrons. The predicted molar refractivity (Wildman–Crippen MR) is 54.3 cm³/mol. The number of hydrogen-bond donors (Lipinski definition) is 1. The number of carbonyl (C=O) groups excluding carboxylic acids is 1. The van der Waals surface area contributed by atoms with E-state index in [-0.39, 0.29) is 24.2 Å². The van der Waals surface area contributed by atoms with Gasteiger partial charge in [-0.05, 0) is 20.8 Å². The summed E-state index contributed by atoms with van der Waals surface area (Å²) in [6.45, 7) is 5.74. The van der Waals surface area contributed by atoms with E-state index < -0.39 is 0 Å². The molecule has 2 amide bonds. The summed E-state index contributed by atoms with van der Waals surface area (Å²) in [5.41, 5.74) is 5.68. The van der Waals surface area contributed by atoms with Crippen LogP contribution in [-0.4, -0.2) is 42.1 Å². The second-order valence-electron chi connectivity index (χ2n) is 3.71. The molecule has 0 fully saturated rings. The van der Waals surface area contributed by atoms with Gasteiger partial charge in [-0.1, -0.05) is 0 Å². The fourth-order valence-electron chi connectivity index (χ4n) is 1.63. The molecule has 0 saturated carbocycles. The van der Waals surface area contributed by atoms with Gasteiger partial charge in [0, 0.05) is 13.2 Å². The lowest BCUT2D eigenvalue weighted by atomic mass is 10.1.